The molecule has 0 radical (unpaired) electrons. The van der Waals surface area contributed by atoms with Crippen LogP contribution in [0.25, 0.3) is 0 Å². The minimum atomic E-state index is 0.0509. The number of morpholine rings is 1. The molecule has 9 heteroatoms. The Morgan fingerprint density at radius 3 is 2.61 bits per heavy atom. The Hall–Kier alpha value is -2.91. The number of anilines is 1. The second kappa shape index (κ2) is 9.93. The minimum Gasteiger partial charge on any atom is -0.379 e. The van der Waals surface area contributed by atoms with Gasteiger partial charge in [0.1, 0.15) is 6.54 Å². The molecule has 2 fully saturated rings. The number of guanidine groups is 1. The summed E-state index contributed by atoms with van der Waals surface area (Å²) in [6, 6.07) is 10.7. The number of amides is 1. The normalized spacial score (nSPS) is 19.5. The van der Waals surface area contributed by atoms with E-state index in [1.807, 2.05) is 24.2 Å². The SMILES string of the molecule is CN=C(NCC(c1ccccc1)N1CCOCC1)N1CCN(c2cnn(C)c2)C(=O)C1. The zero-order valence-corrected chi connectivity index (χ0v) is 18.3. The van der Waals surface area contributed by atoms with Crippen LogP contribution in [0.5, 0.6) is 0 Å². The molecule has 1 unspecified atom stereocenters. The predicted molar refractivity (Wildman–Crippen MR) is 120 cm³/mol. The van der Waals surface area contributed by atoms with Gasteiger partial charge in [0.05, 0.1) is 31.1 Å². The van der Waals surface area contributed by atoms with Crippen LogP contribution < -0.4 is 10.2 Å². The van der Waals surface area contributed by atoms with Gasteiger partial charge < -0.3 is 19.9 Å². The highest BCUT2D eigenvalue weighted by atomic mass is 16.5. The molecule has 9 nitrogen and oxygen atoms in total. The monoisotopic (exact) mass is 425 g/mol. The molecule has 2 aliphatic rings. The van der Waals surface area contributed by atoms with Gasteiger partial charge in [-0.25, -0.2) is 0 Å². The van der Waals surface area contributed by atoms with E-state index >= 15 is 0 Å². The van der Waals surface area contributed by atoms with Crippen molar-refractivity contribution in [3.63, 3.8) is 0 Å². The molecular formula is C22H31N7O2. The van der Waals surface area contributed by atoms with Crippen molar-refractivity contribution in [3.05, 3.63) is 48.3 Å². The minimum absolute atomic E-state index is 0.0509. The number of hydrogen-bond donors (Lipinski definition) is 1. The van der Waals surface area contributed by atoms with Crippen molar-refractivity contribution >= 4 is 17.6 Å². The quantitative estimate of drug-likeness (QED) is 0.562. The van der Waals surface area contributed by atoms with Gasteiger partial charge in [0.15, 0.2) is 5.96 Å². The maximum Gasteiger partial charge on any atom is 0.246 e. The molecule has 2 aromatic rings. The van der Waals surface area contributed by atoms with Crippen LogP contribution in [0.1, 0.15) is 11.6 Å². The van der Waals surface area contributed by atoms with Crippen molar-refractivity contribution in [1.29, 1.82) is 0 Å². The smallest absolute Gasteiger partial charge is 0.246 e. The van der Waals surface area contributed by atoms with Crippen molar-refractivity contribution in [3.8, 4) is 0 Å². The summed E-state index contributed by atoms with van der Waals surface area (Å²) in [6.07, 6.45) is 3.60. The number of aryl methyl sites for hydroxylation is 1. The van der Waals surface area contributed by atoms with Crippen LogP contribution in [-0.4, -0.2) is 91.0 Å². The van der Waals surface area contributed by atoms with Gasteiger partial charge in [-0.1, -0.05) is 30.3 Å². The number of benzene rings is 1. The van der Waals surface area contributed by atoms with Crippen molar-refractivity contribution in [2.24, 2.45) is 12.0 Å². The number of piperazine rings is 1. The Balaban J connectivity index is 1.40. The second-order valence-electron chi connectivity index (χ2n) is 7.84. The molecule has 1 atom stereocenters. The Morgan fingerprint density at radius 1 is 1.19 bits per heavy atom. The zero-order chi connectivity index (χ0) is 21.6. The molecular weight excluding hydrogens is 394 g/mol. The molecule has 0 spiro atoms. The van der Waals surface area contributed by atoms with E-state index in [0.717, 1.165) is 38.0 Å². The third-order valence-corrected chi connectivity index (χ3v) is 5.86. The Morgan fingerprint density at radius 2 is 1.97 bits per heavy atom. The van der Waals surface area contributed by atoms with Crippen LogP contribution >= 0.6 is 0 Å². The van der Waals surface area contributed by atoms with Gasteiger partial charge in [0, 0.05) is 53.0 Å². The van der Waals surface area contributed by atoms with E-state index in [2.05, 4.69) is 44.6 Å². The lowest BCUT2D eigenvalue weighted by molar-refractivity contribution is -0.120. The Labute approximate surface area is 183 Å². The topological polar surface area (TPSA) is 78.2 Å². The number of rotatable bonds is 5. The molecule has 1 amide bonds. The first kappa shape index (κ1) is 21.3. The van der Waals surface area contributed by atoms with Gasteiger partial charge in [-0.05, 0) is 5.56 Å². The van der Waals surface area contributed by atoms with Gasteiger partial charge in [-0.2, -0.15) is 5.10 Å². The van der Waals surface area contributed by atoms with Crippen molar-refractivity contribution in [1.82, 2.24) is 24.9 Å². The first-order chi connectivity index (χ1) is 15.2. The van der Waals surface area contributed by atoms with Gasteiger partial charge in [-0.15, -0.1) is 0 Å². The fourth-order valence-corrected chi connectivity index (χ4v) is 4.22. The highest BCUT2D eigenvalue weighted by molar-refractivity contribution is 5.98. The maximum atomic E-state index is 12.8. The maximum absolute atomic E-state index is 12.8. The molecule has 1 N–H and O–H groups in total. The average molecular weight is 426 g/mol. The largest absolute Gasteiger partial charge is 0.379 e. The summed E-state index contributed by atoms with van der Waals surface area (Å²) in [6.45, 7) is 5.65. The summed E-state index contributed by atoms with van der Waals surface area (Å²) in [7, 11) is 3.63. The van der Waals surface area contributed by atoms with Crippen LogP contribution in [0, 0.1) is 0 Å². The third-order valence-electron chi connectivity index (χ3n) is 5.86. The van der Waals surface area contributed by atoms with Gasteiger partial charge in [-0.3, -0.25) is 19.4 Å². The van der Waals surface area contributed by atoms with Crippen LogP contribution in [0.3, 0.4) is 0 Å². The fourth-order valence-electron chi connectivity index (χ4n) is 4.22. The molecule has 1 aromatic heterocycles. The van der Waals surface area contributed by atoms with Crippen molar-refractivity contribution in [2.75, 3.05) is 64.4 Å². The van der Waals surface area contributed by atoms with E-state index in [-0.39, 0.29) is 11.9 Å². The highest BCUT2D eigenvalue weighted by Gasteiger charge is 2.29. The fraction of sp³-hybridized carbons (Fsp3) is 0.500. The lowest BCUT2D eigenvalue weighted by Gasteiger charge is -2.38. The number of ether oxygens (including phenoxy) is 1. The van der Waals surface area contributed by atoms with Crippen LogP contribution in [0.2, 0.25) is 0 Å². The number of carbonyl (C=O) groups excluding carboxylic acids is 1. The number of aliphatic imine (C=N–C) groups is 1. The molecule has 4 rings (SSSR count). The first-order valence-corrected chi connectivity index (χ1v) is 10.8. The van der Waals surface area contributed by atoms with E-state index in [1.165, 1.54) is 5.56 Å². The van der Waals surface area contributed by atoms with Crippen molar-refractivity contribution < 1.29 is 9.53 Å². The van der Waals surface area contributed by atoms with Gasteiger partial charge >= 0.3 is 0 Å². The first-order valence-electron chi connectivity index (χ1n) is 10.8. The Kier molecular flexibility index (Phi) is 6.83. The molecule has 3 heterocycles. The summed E-state index contributed by atoms with van der Waals surface area (Å²) in [4.78, 5) is 23.5. The van der Waals surface area contributed by atoms with Crippen LogP contribution in [0.4, 0.5) is 5.69 Å². The Bertz CT molecular complexity index is 892. The number of hydrogen-bond acceptors (Lipinski definition) is 5. The molecule has 2 saturated heterocycles. The lowest BCUT2D eigenvalue weighted by Crippen LogP contribution is -2.56. The summed E-state index contributed by atoms with van der Waals surface area (Å²) in [5.74, 6) is 0.809. The van der Waals surface area contributed by atoms with E-state index < -0.39 is 0 Å². The zero-order valence-electron chi connectivity index (χ0n) is 18.3. The molecule has 2 aliphatic heterocycles. The molecule has 166 valence electrons. The standard InChI is InChI=1S/C22H31N7O2/c1-23-22(28-8-9-29(21(30)17-28)19-14-25-26(2)16-19)24-15-20(18-6-4-3-5-7-18)27-10-12-31-13-11-27/h3-7,14,16,20H,8-13,15,17H2,1-2H3,(H,23,24). The molecule has 0 aliphatic carbocycles. The van der Waals surface area contributed by atoms with Gasteiger partial charge in [0.25, 0.3) is 0 Å². The third kappa shape index (κ3) is 5.05. The molecule has 0 saturated carbocycles. The molecule has 0 bridgehead atoms. The summed E-state index contributed by atoms with van der Waals surface area (Å²) in [5, 5.41) is 7.70. The number of aromatic nitrogens is 2. The molecule has 31 heavy (non-hydrogen) atoms. The van der Waals surface area contributed by atoms with E-state index in [4.69, 9.17) is 4.74 Å². The molecule has 1 aromatic carbocycles. The highest BCUT2D eigenvalue weighted by Crippen LogP contribution is 2.21. The number of nitrogens with zero attached hydrogens (tertiary/aromatic N) is 6. The van der Waals surface area contributed by atoms with Crippen molar-refractivity contribution in [2.45, 2.75) is 6.04 Å². The van der Waals surface area contributed by atoms with E-state index in [1.54, 1.807) is 22.8 Å². The van der Waals surface area contributed by atoms with E-state index in [9.17, 15) is 4.79 Å². The summed E-state index contributed by atoms with van der Waals surface area (Å²) in [5.41, 5.74) is 2.11. The average Bonchev–Trinajstić information content (AvgIpc) is 3.24. The van der Waals surface area contributed by atoms with Crippen LogP contribution in [0.15, 0.2) is 47.7 Å². The lowest BCUT2D eigenvalue weighted by atomic mass is 10.0. The summed E-state index contributed by atoms with van der Waals surface area (Å²) < 4.78 is 7.26. The second-order valence-corrected chi connectivity index (χ2v) is 7.84. The number of nitrogens with one attached hydrogen (secondary N) is 1. The van der Waals surface area contributed by atoms with Crippen LogP contribution in [-0.2, 0) is 16.6 Å². The number of carbonyl (C=O) groups is 1. The predicted octanol–water partition coefficient (Wildman–Crippen LogP) is 0.718. The summed E-state index contributed by atoms with van der Waals surface area (Å²) >= 11 is 0. The van der Waals surface area contributed by atoms with E-state index in [0.29, 0.717) is 26.2 Å². The van der Waals surface area contributed by atoms with Gasteiger partial charge in [0.2, 0.25) is 5.91 Å².